The standard InChI is InChI=1S/C18H28N2O3/c21-12-11-19-7-9-20(10-8-19)14-16-3-5-17(6-4-16)23-15-18-2-1-13-22-18/h3-6,18,21H,1-2,7-15H2. The van der Waals surface area contributed by atoms with Gasteiger partial charge in [-0.1, -0.05) is 12.1 Å². The summed E-state index contributed by atoms with van der Waals surface area (Å²) in [5.74, 6) is 0.928. The number of hydrogen-bond acceptors (Lipinski definition) is 5. The molecule has 1 N–H and O–H groups in total. The molecule has 0 bridgehead atoms. The molecule has 2 heterocycles. The molecule has 2 saturated heterocycles. The van der Waals surface area contributed by atoms with E-state index in [2.05, 4.69) is 34.1 Å². The van der Waals surface area contributed by atoms with Crippen molar-refractivity contribution in [2.45, 2.75) is 25.5 Å². The molecule has 0 aliphatic carbocycles. The molecule has 2 aliphatic rings. The molecule has 0 spiro atoms. The van der Waals surface area contributed by atoms with E-state index in [4.69, 9.17) is 14.6 Å². The summed E-state index contributed by atoms with van der Waals surface area (Å²) < 4.78 is 11.4. The van der Waals surface area contributed by atoms with Crippen molar-refractivity contribution in [3.8, 4) is 5.75 Å². The van der Waals surface area contributed by atoms with Gasteiger partial charge in [-0.05, 0) is 30.5 Å². The molecule has 2 fully saturated rings. The predicted octanol–water partition coefficient (Wildman–Crippen LogP) is 1.35. The second-order valence-corrected chi connectivity index (χ2v) is 6.43. The van der Waals surface area contributed by atoms with Crippen LogP contribution in [0.2, 0.25) is 0 Å². The molecule has 3 rings (SSSR count). The lowest BCUT2D eigenvalue weighted by Crippen LogP contribution is -2.46. The van der Waals surface area contributed by atoms with Crippen molar-refractivity contribution in [1.82, 2.24) is 9.80 Å². The van der Waals surface area contributed by atoms with Crippen LogP contribution in [0.4, 0.5) is 0 Å². The predicted molar refractivity (Wildman–Crippen MR) is 89.7 cm³/mol. The van der Waals surface area contributed by atoms with Crippen LogP contribution in [0.3, 0.4) is 0 Å². The van der Waals surface area contributed by atoms with Crippen LogP contribution in [-0.4, -0.2) is 73.6 Å². The summed E-state index contributed by atoms with van der Waals surface area (Å²) in [6, 6.07) is 8.44. The summed E-state index contributed by atoms with van der Waals surface area (Å²) in [6.07, 6.45) is 2.53. The average Bonchev–Trinajstić information content (AvgIpc) is 3.10. The highest BCUT2D eigenvalue weighted by atomic mass is 16.5. The zero-order valence-corrected chi connectivity index (χ0v) is 13.8. The quantitative estimate of drug-likeness (QED) is 0.822. The summed E-state index contributed by atoms with van der Waals surface area (Å²) in [6.45, 7) is 7.79. The Kier molecular flexibility index (Phi) is 6.28. The zero-order chi connectivity index (χ0) is 15.9. The van der Waals surface area contributed by atoms with Gasteiger partial charge in [-0.25, -0.2) is 0 Å². The van der Waals surface area contributed by atoms with E-state index >= 15 is 0 Å². The molecule has 128 valence electrons. The molecule has 1 aromatic carbocycles. The second kappa shape index (κ2) is 8.64. The lowest BCUT2D eigenvalue weighted by molar-refractivity contribution is 0.0679. The van der Waals surface area contributed by atoms with Gasteiger partial charge in [-0.2, -0.15) is 0 Å². The van der Waals surface area contributed by atoms with Crippen LogP contribution >= 0.6 is 0 Å². The van der Waals surface area contributed by atoms with E-state index in [0.717, 1.165) is 64.5 Å². The fraction of sp³-hybridized carbons (Fsp3) is 0.667. The van der Waals surface area contributed by atoms with E-state index in [-0.39, 0.29) is 12.7 Å². The molecule has 0 saturated carbocycles. The Morgan fingerprint density at radius 3 is 2.48 bits per heavy atom. The molecular weight excluding hydrogens is 292 g/mol. The second-order valence-electron chi connectivity index (χ2n) is 6.43. The largest absolute Gasteiger partial charge is 0.491 e. The number of rotatable bonds is 7. The molecule has 1 atom stereocenters. The number of ether oxygens (including phenoxy) is 2. The molecule has 23 heavy (non-hydrogen) atoms. The van der Waals surface area contributed by atoms with Crippen LogP contribution in [0.1, 0.15) is 18.4 Å². The maximum absolute atomic E-state index is 8.98. The van der Waals surface area contributed by atoms with Crippen LogP contribution < -0.4 is 4.74 Å². The Bertz CT molecular complexity index is 452. The lowest BCUT2D eigenvalue weighted by atomic mass is 10.2. The van der Waals surface area contributed by atoms with E-state index in [9.17, 15) is 0 Å². The van der Waals surface area contributed by atoms with E-state index < -0.39 is 0 Å². The highest BCUT2D eigenvalue weighted by Crippen LogP contribution is 2.17. The normalized spacial score (nSPS) is 23.3. The molecule has 0 aromatic heterocycles. The van der Waals surface area contributed by atoms with Crippen molar-refractivity contribution in [3.05, 3.63) is 29.8 Å². The van der Waals surface area contributed by atoms with Crippen molar-refractivity contribution in [2.24, 2.45) is 0 Å². The fourth-order valence-corrected chi connectivity index (χ4v) is 3.23. The first kappa shape index (κ1) is 16.7. The van der Waals surface area contributed by atoms with E-state index in [1.807, 2.05) is 0 Å². The van der Waals surface area contributed by atoms with Gasteiger partial charge in [0.2, 0.25) is 0 Å². The van der Waals surface area contributed by atoms with Crippen molar-refractivity contribution >= 4 is 0 Å². The average molecular weight is 320 g/mol. The molecular formula is C18H28N2O3. The Morgan fingerprint density at radius 1 is 1.09 bits per heavy atom. The van der Waals surface area contributed by atoms with Crippen molar-refractivity contribution in [1.29, 1.82) is 0 Å². The SMILES string of the molecule is OCCN1CCN(Cc2ccc(OCC3CCCO3)cc2)CC1. The van der Waals surface area contributed by atoms with Crippen LogP contribution in [0.15, 0.2) is 24.3 Å². The molecule has 1 unspecified atom stereocenters. The van der Waals surface area contributed by atoms with Gasteiger partial charge in [0.15, 0.2) is 0 Å². The molecule has 0 amide bonds. The Morgan fingerprint density at radius 2 is 1.83 bits per heavy atom. The maximum atomic E-state index is 8.98. The Balaban J connectivity index is 1.40. The third-order valence-electron chi connectivity index (χ3n) is 4.67. The summed E-state index contributed by atoms with van der Waals surface area (Å²) in [5, 5.41) is 8.98. The van der Waals surface area contributed by atoms with Gasteiger partial charge in [-0.15, -0.1) is 0 Å². The molecule has 5 nitrogen and oxygen atoms in total. The number of piperazine rings is 1. The Labute approximate surface area is 138 Å². The van der Waals surface area contributed by atoms with Crippen molar-refractivity contribution in [3.63, 3.8) is 0 Å². The van der Waals surface area contributed by atoms with E-state index in [1.54, 1.807) is 0 Å². The molecule has 2 aliphatic heterocycles. The van der Waals surface area contributed by atoms with E-state index in [0.29, 0.717) is 6.61 Å². The maximum Gasteiger partial charge on any atom is 0.119 e. The van der Waals surface area contributed by atoms with Crippen LogP contribution in [0.5, 0.6) is 5.75 Å². The van der Waals surface area contributed by atoms with Gasteiger partial charge < -0.3 is 14.6 Å². The first-order valence-corrected chi connectivity index (χ1v) is 8.72. The minimum atomic E-state index is 0.257. The summed E-state index contributed by atoms with van der Waals surface area (Å²) >= 11 is 0. The minimum Gasteiger partial charge on any atom is -0.491 e. The molecule has 0 radical (unpaired) electrons. The fourth-order valence-electron chi connectivity index (χ4n) is 3.23. The summed E-state index contributed by atoms with van der Waals surface area (Å²) in [7, 11) is 0. The third kappa shape index (κ3) is 5.18. The number of nitrogens with zero attached hydrogens (tertiary/aromatic N) is 2. The number of β-amino-alcohol motifs (C(OH)–C–C–N with tert-alkyl or cyclic N) is 1. The van der Waals surface area contributed by atoms with Crippen LogP contribution in [0, 0.1) is 0 Å². The highest BCUT2D eigenvalue weighted by Gasteiger charge is 2.17. The third-order valence-corrected chi connectivity index (χ3v) is 4.67. The minimum absolute atomic E-state index is 0.257. The molecule has 1 aromatic rings. The highest BCUT2D eigenvalue weighted by molar-refractivity contribution is 5.27. The first-order chi connectivity index (χ1) is 11.3. The van der Waals surface area contributed by atoms with Crippen LogP contribution in [-0.2, 0) is 11.3 Å². The number of benzene rings is 1. The summed E-state index contributed by atoms with van der Waals surface area (Å²) in [5.41, 5.74) is 1.32. The number of aliphatic hydroxyl groups excluding tert-OH is 1. The first-order valence-electron chi connectivity index (χ1n) is 8.72. The van der Waals surface area contributed by atoms with Gasteiger partial charge >= 0.3 is 0 Å². The van der Waals surface area contributed by atoms with Gasteiger partial charge in [0.25, 0.3) is 0 Å². The monoisotopic (exact) mass is 320 g/mol. The molecule has 5 heteroatoms. The lowest BCUT2D eigenvalue weighted by Gasteiger charge is -2.34. The summed E-state index contributed by atoms with van der Waals surface area (Å²) in [4.78, 5) is 4.79. The van der Waals surface area contributed by atoms with Gasteiger partial charge in [0, 0.05) is 45.9 Å². The van der Waals surface area contributed by atoms with Gasteiger partial charge in [0.05, 0.1) is 12.7 Å². The van der Waals surface area contributed by atoms with Gasteiger partial charge in [-0.3, -0.25) is 9.80 Å². The smallest absolute Gasteiger partial charge is 0.119 e. The van der Waals surface area contributed by atoms with Crippen LogP contribution in [0.25, 0.3) is 0 Å². The number of hydrogen-bond donors (Lipinski definition) is 1. The van der Waals surface area contributed by atoms with Crippen molar-refractivity contribution in [2.75, 3.05) is 52.5 Å². The topological polar surface area (TPSA) is 45.2 Å². The zero-order valence-electron chi connectivity index (χ0n) is 13.8. The number of aliphatic hydroxyl groups is 1. The van der Waals surface area contributed by atoms with E-state index in [1.165, 1.54) is 5.56 Å². The van der Waals surface area contributed by atoms with Gasteiger partial charge in [0.1, 0.15) is 12.4 Å². The van der Waals surface area contributed by atoms with Crippen molar-refractivity contribution < 1.29 is 14.6 Å². The Hall–Kier alpha value is -1.14.